The summed E-state index contributed by atoms with van der Waals surface area (Å²) in [6.07, 6.45) is 0.711. The van der Waals surface area contributed by atoms with Gasteiger partial charge in [-0.05, 0) is 22.9 Å². The fraction of sp³-hybridized carbons (Fsp3) is 0.500. The molecule has 0 spiro atoms. The van der Waals surface area contributed by atoms with E-state index in [1.807, 2.05) is 12.4 Å². The predicted molar refractivity (Wildman–Crippen MR) is 69.1 cm³/mol. The van der Waals surface area contributed by atoms with E-state index in [1.165, 1.54) is 0 Å². The van der Waals surface area contributed by atoms with E-state index in [0.717, 1.165) is 9.73 Å². The van der Waals surface area contributed by atoms with Crippen LogP contribution in [-0.4, -0.2) is 23.1 Å². The van der Waals surface area contributed by atoms with E-state index in [0.29, 0.717) is 11.4 Å². The first kappa shape index (κ1) is 11.9. The lowest BCUT2D eigenvalue weighted by molar-refractivity contribution is 0.712. The maximum absolute atomic E-state index is 5.49. The Labute approximate surface area is 101 Å². The van der Waals surface area contributed by atoms with Crippen molar-refractivity contribution >= 4 is 49.6 Å². The van der Waals surface area contributed by atoms with Gasteiger partial charge < -0.3 is 10.6 Å². The molecule has 1 heterocycles. The zero-order valence-corrected chi connectivity index (χ0v) is 11.2. The molecule has 0 bridgehead atoms. The number of hydrogen-bond donors (Lipinski definition) is 1. The highest BCUT2D eigenvalue weighted by Crippen LogP contribution is 2.24. The average molecular weight is 294 g/mol. The summed E-state index contributed by atoms with van der Waals surface area (Å²) in [5.41, 5.74) is 5.49. The summed E-state index contributed by atoms with van der Waals surface area (Å²) in [4.78, 5) is 6.94. The topological polar surface area (TPSA) is 42.1 Å². The van der Waals surface area contributed by atoms with Crippen molar-refractivity contribution in [3.05, 3.63) is 9.98 Å². The van der Waals surface area contributed by atoms with Crippen molar-refractivity contribution in [3.63, 3.8) is 0 Å². The fourth-order valence-corrected chi connectivity index (χ4v) is 2.58. The standard InChI is InChI=1S/C8H12BrN3S2/c1-5(3-7(10)13)12(2)8-11-6(9)4-14-8/h4-5H,3H2,1-2H3,(H2,10,13). The third-order valence-electron chi connectivity index (χ3n) is 1.92. The van der Waals surface area contributed by atoms with Gasteiger partial charge in [0.25, 0.3) is 0 Å². The van der Waals surface area contributed by atoms with Gasteiger partial charge in [0, 0.05) is 24.9 Å². The number of anilines is 1. The number of aromatic nitrogens is 1. The van der Waals surface area contributed by atoms with E-state index in [-0.39, 0.29) is 6.04 Å². The van der Waals surface area contributed by atoms with Crippen LogP contribution in [0.25, 0.3) is 0 Å². The third-order valence-corrected chi connectivity index (χ3v) is 3.73. The zero-order chi connectivity index (χ0) is 10.7. The Morgan fingerprint density at radius 1 is 1.86 bits per heavy atom. The zero-order valence-electron chi connectivity index (χ0n) is 8.03. The summed E-state index contributed by atoms with van der Waals surface area (Å²) in [5.74, 6) is 0. The molecule has 1 aromatic heterocycles. The van der Waals surface area contributed by atoms with E-state index in [4.69, 9.17) is 18.0 Å². The lowest BCUT2D eigenvalue weighted by Gasteiger charge is -2.23. The molecule has 0 aliphatic carbocycles. The van der Waals surface area contributed by atoms with Crippen LogP contribution in [0.15, 0.2) is 9.98 Å². The van der Waals surface area contributed by atoms with Crippen LogP contribution in [0.5, 0.6) is 0 Å². The quantitative estimate of drug-likeness (QED) is 0.866. The first-order valence-electron chi connectivity index (χ1n) is 4.13. The molecule has 0 saturated carbocycles. The van der Waals surface area contributed by atoms with Crippen LogP contribution in [0.4, 0.5) is 5.13 Å². The minimum absolute atomic E-state index is 0.283. The van der Waals surface area contributed by atoms with Crippen molar-refractivity contribution in [3.8, 4) is 0 Å². The van der Waals surface area contributed by atoms with E-state index in [1.54, 1.807) is 11.3 Å². The van der Waals surface area contributed by atoms with Crippen molar-refractivity contribution in [2.24, 2.45) is 5.73 Å². The van der Waals surface area contributed by atoms with Crippen LogP contribution in [-0.2, 0) is 0 Å². The highest BCUT2D eigenvalue weighted by molar-refractivity contribution is 9.10. The monoisotopic (exact) mass is 293 g/mol. The van der Waals surface area contributed by atoms with Gasteiger partial charge in [0.15, 0.2) is 5.13 Å². The van der Waals surface area contributed by atoms with Gasteiger partial charge in [0.05, 0.1) is 4.99 Å². The number of hydrogen-bond acceptors (Lipinski definition) is 4. The lowest BCUT2D eigenvalue weighted by atomic mass is 10.2. The molecule has 0 amide bonds. The minimum Gasteiger partial charge on any atom is -0.393 e. The van der Waals surface area contributed by atoms with E-state index < -0.39 is 0 Å². The molecular formula is C8H12BrN3S2. The van der Waals surface area contributed by atoms with Gasteiger partial charge >= 0.3 is 0 Å². The molecule has 1 aromatic rings. The van der Waals surface area contributed by atoms with Gasteiger partial charge in [-0.2, -0.15) is 0 Å². The Bertz CT molecular complexity index is 326. The Kier molecular flexibility index (Phi) is 4.28. The summed E-state index contributed by atoms with van der Waals surface area (Å²) in [6, 6.07) is 0.283. The van der Waals surface area contributed by atoms with Gasteiger partial charge in [-0.15, -0.1) is 11.3 Å². The predicted octanol–water partition coefficient (Wildman–Crippen LogP) is 2.41. The Morgan fingerprint density at radius 3 is 2.93 bits per heavy atom. The second kappa shape index (κ2) is 5.04. The minimum atomic E-state index is 0.283. The molecule has 0 saturated heterocycles. The molecular weight excluding hydrogens is 282 g/mol. The summed E-state index contributed by atoms with van der Waals surface area (Å²) in [6.45, 7) is 2.08. The maximum atomic E-state index is 5.49. The molecule has 0 radical (unpaired) electrons. The molecule has 2 N–H and O–H groups in total. The molecule has 1 unspecified atom stereocenters. The molecule has 3 nitrogen and oxygen atoms in total. The van der Waals surface area contributed by atoms with Gasteiger partial charge in [-0.3, -0.25) is 0 Å². The number of thiocarbonyl (C=S) groups is 1. The van der Waals surface area contributed by atoms with Crippen molar-refractivity contribution < 1.29 is 0 Å². The molecule has 0 aliphatic heterocycles. The number of rotatable bonds is 4. The van der Waals surface area contributed by atoms with Gasteiger partial charge in [0.2, 0.25) is 0 Å². The summed E-state index contributed by atoms with van der Waals surface area (Å²) < 4.78 is 0.867. The number of halogens is 1. The van der Waals surface area contributed by atoms with Crippen LogP contribution in [0.1, 0.15) is 13.3 Å². The molecule has 6 heteroatoms. The molecule has 1 rings (SSSR count). The van der Waals surface area contributed by atoms with Crippen molar-refractivity contribution in [2.75, 3.05) is 11.9 Å². The smallest absolute Gasteiger partial charge is 0.186 e. The molecule has 1 atom stereocenters. The first-order valence-corrected chi connectivity index (χ1v) is 6.21. The van der Waals surface area contributed by atoms with Gasteiger partial charge in [-0.1, -0.05) is 12.2 Å². The van der Waals surface area contributed by atoms with Crippen molar-refractivity contribution in [2.45, 2.75) is 19.4 Å². The number of nitrogens with two attached hydrogens (primary N) is 1. The molecule has 78 valence electrons. The Balaban J connectivity index is 2.65. The highest BCUT2D eigenvalue weighted by atomic mass is 79.9. The van der Waals surface area contributed by atoms with E-state index in [9.17, 15) is 0 Å². The summed E-state index contributed by atoms with van der Waals surface area (Å²) >= 11 is 9.79. The normalized spacial score (nSPS) is 12.5. The number of nitrogens with zero attached hydrogens (tertiary/aromatic N) is 2. The van der Waals surface area contributed by atoms with Crippen LogP contribution in [0.2, 0.25) is 0 Å². The van der Waals surface area contributed by atoms with Crippen LogP contribution >= 0.6 is 39.5 Å². The largest absolute Gasteiger partial charge is 0.393 e. The van der Waals surface area contributed by atoms with Crippen LogP contribution < -0.4 is 10.6 Å². The molecule has 0 aromatic carbocycles. The molecule has 0 fully saturated rings. The molecule has 14 heavy (non-hydrogen) atoms. The fourth-order valence-electron chi connectivity index (χ4n) is 1.02. The van der Waals surface area contributed by atoms with Crippen LogP contribution in [0, 0.1) is 0 Å². The average Bonchev–Trinajstić information content (AvgIpc) is 2.49. The lowest BCUT2D eigenvalue weighted by Crippen LogP contribution is -2.32. The third kappa shape index (κ3) is 3.18. The SMILES string of the molecule is CC(CC(N)=S)N(C)c1nc(Br)cs1. The van der Waals surface area contributed by atoms with Crippen LogP contribution in [0.3, 0.4) is 0 Å². The summed E-state index contributed by atoms with van der Waals surface area (Å²) in [7, 11) is 1.99. The number of thiazole rings is 1. The maximum Gasteiger partial charge on any atom is 0.186 e. The second-order valence-electron chi connectivity index (χ2n) is 3.08. The second-order valence-corrected chi connectivity index (χ2v) is 5.26. The van der Waals surface area contributed by atoms with Crippen molar-refractivity contribution in [1.82, 2.24) is 4.98 Å². The van der Waals surface area contributed by atoms with Gasteiger partial charge in [-0.25, -0.2) is 4.98 Å². The molecule has 0 aliphatic rings. The Morgan fingerprint density at radius 2 is 2.50 bits per heavy atom. The van der Waals surface area contributed by atoms with Gasteiger partial charge in [0.1, 0.15) is 4.60 Å². The van der Waals surface area contributed by atoms with E-state index in [2.05, 4.69) is 32.7 Å². The highest BCUT2D eigenvalue weighted by Gasteiger charge is 2.13. The Hall–Kier alpha value is -0.200. The summed E-state index contributed by atoms with van der Waals surface area (Å²) in [5, 5.41) is 2.93. The van der Waals surface area contributed by atoms with E-state index >= 15 is 0 Å². The first-order chi connectivity index (χ1) is 6.50. The van der Waals surface area contributed by atoms with Crippen molar-refractivity contribution in [1.29, 1.82) is 0 Å².